The van der Waals surface area contributed by atoms with E-state index in [0.717, 1.165) is 24.3 Å². The van der Waals surface area contributed by atoms with Gasteiger partial charge in [-0.05, 0) is 24.3 Å². The van der Waals surface area contributed by atoms with Crippen LogP contribution in [0.25, 0.3) is 6.08 Å². The fourth-order valence-electron chi connectivity index (χ4n) is 2.81. The number of carbonyl (C=O) groups excluding carboxylic acids is 2. The van der Waals surface area contributed by atoms with Crippen LogP contribution in [-0.4, -0.2) is 55.1 Å². The van der Waals surface area contributed by atoms with Gasteiger partial charge in [0.05, 0.1) is 37.8 Å². The Hall–Kier alpha value is -3.13. The molecule has 1 amide bonds. The minimum Gasteiger partial charge on any atom is -0.465 e. The molecule has 1 aromatic carbocycles. The Morgan fingerprint density at radius 1 is 1.30 bits per heavy atom. The minimum atomic E-state index is -0.503. The van der Waals surface area contributed by atoms with Crippen molar-refractivity contribution in [2.24, 2.45) is 7.05 Å². The first-order chi connectivity index (χ1) is 13.1. The molecule has 0 bridgehead atoms. The maximum atomic E-state index is 12.2. The fourth-order valence-corrected chi connectivity index (χ4v) is 2.81. The van der Waals surface area contributed by atoms with Crippen LogP contribution in [0.3, 0.4) is 0 Å². The second-order valence-electron chi connectivity index (χ2n) is 6.09. The molecule has 0 saturated carbocycles. The smallest absolute Gasteiger partial charge is 0.340 e. The SMILES string of the molecule is COC(=O)c1cc(N2CCOCC2)ccc1NC(=O)/C=C/c1cnn(C)c1. The van der Waals surface area contributed by atoms with Gasteiger partial charge in [0, 0.05) is 43.7 Å². The summed E-state index contributed by atoms with van der Waals surface area (Å²) in [5.41, 5.74) is 2.41. The van der Waals surface area contributed by atoms with Crippen molar-refractivity contribution in [2.45, 2.75) is 0 Å². The summed E-state index contributed by atoms with van der Waals surface area (Å²) in [4.78, 5) is 26.6. The first-order valence-corrected chi connectivity index (χ1v) is 8.59. The predicted molar refractivity (Wildman–Crippen MR) is 102 cm³/mol. The summed E-state index contributed by atoms with van der Waals surface area (Å²) in [6.07, 6.45) is 6.50. The number of methoxy groups -OCH3 is 1. The molecular formula is C19H22N4O4. The molecule has 27 heavy (non-hydrogen) atoms. The van der Waals surface area contributed by atoms with E-state index >= 15 is 0 Å². The van der Waals surface area contributed by atoms with Crippen molar-refractivity contribution in [1.82, 2.24) is 9.78 Å². The first kappa shape index (κ1) is 18.7. The molecule has 1 aromatic heterocycles. The molecular weight excluding hydrogens is 348 g/mol. The number of esters is 1. The first-order valence-electron chi connectivity index (χ1n) is 8.59. The van der Waals surface area contributed by atoms with Crippen LogP contribution in [0.5, 0.6) is 0 Å². The summed E-state index contributed by atoms with van der Waals surface area (Å²) < 4.78 is 11.9. The van der Waals surface area contributed by atoms with E-state index in [1.54, 1.807) is 42.3 Å². The van der Waals surface area contributed by atoms with E-state index in [1.807, 2.05) is 6.07 Å². The molecule has 8 heteroatoms. The Morgan fingerprint density at radius 2 is 2.07 bits per heavy atom. The normalized spacial score (nSPS) is 14.4. The van der Waals surface area contributed by atoms with Crippen LogP contribution in [0, 0.1) is 0 Å². The van der Waals surface area contributed by atoms with Gasteiger partial charge in [-0.15, -0.1) is 0 Å². The zero-order valence-electron chi connectivity index (χ0n) is 15.3. The van der Waals surface area contributed by atoms with Gasteiger partial charge in [-0.2, -0.15) is 5.10 Å². The van der Waals surface area contributed by atoms with E-state index in [4.69, 9.17) is 9.47 Å². The number of nitrogens with one attached hydrogen (secondary N) is 1. The van der Waals surface area contributed by atoms with Crippen LogP contribution < -0.4 is 10.2 Å². The van der Waals surface area contributed by atoms with Crippen molar-refractivity contribution in [3.05, 3.63) is 47.8 Å². The van der Waals surface area contributed by atoms with Crippen LogP contribution in [0.4, 0.5) is 11.4 Å². The van der Waals surface area contributed by atoms with Crippen LogP contribution in [-0.2, 0) is 21.3 Å². The second-order valence-corrected chi connectivity index (χ2v) is 6.09. The number of amides is 1. The molecule has 1 N–H and O–H groups in total. The molecule has 0 unspecified atom stereocenters. The van der Waals surface area contributed by atoms with Crippen molar-refractivity contribution >= 4 is 29.3 Å². The number of hydrogen-bond acceptors (Lipinski definition) is 6. The molecule has 0 aliphatic carbocycles. The summed E-state index contributed by atoms with van der Waals surface area (Å²) >= 11 is 0. The van der Waals surface area contributed by atoms with E-state index in [9.17, 15) is 9.59 Å². The Morgan fingerprint density at radius 3 is 2.74 bits per heavy atom. The van der Waals surface area contributed by atoms with Crippen LogP contribution in [0.1, 0.15) is 15.9 Å². The summed E-state index contributed by atoms with van der Waals surface area (Å²) in [6, 6.07) is 5.32. The number of aryl methyl sites for hydroxylation is 1. The summed E-state index contributed by atoms with van der Waals surface area (Å²) in [6.45, 7) is 2.79. The largest absolute Gasteiger partial charge is 0.465 e. The molecule has 1 saturated heterocycles. The number of anilines is 2. The number of carbonyl (C=O) groups is 2. The third-order valence-electron chi connectivity index (χ3n) is 4.19. The number of nitrogens with zero attached hydrogens (tertiary/aromatic N) is 3. The Bertz CT molecular complexity index is 853. The Kier molecular flexibility index (Phi) is 5.87. The van der Waals surface area contributed by atoms with Crippen molar-refractivity contribution in [3.63, 3.8) is 0 Å². The van der Waals surface area contributed by atoms with E-state index in [1.165, 1.54) is 13.2 Å². The zero-order chi connectivity index (χ0) is 19.2. The highest BCUT2D eigenvalue weighted by molar-refractivity contribution is 6.06. The summed E-state index contributed by atoms with van der Waals surface area (Å²) in [5, 5.41) is 6.78. The van der Waals surface area contributed by atoms with Gasteiger partial charge >= 0.3 is 5.97 Å². The number of benzene rings is 1. The van der Waals surface area contributed by atoms with Crippen molar-refractivity contribution in [3.8, 4) is 0 Å². The number of ether oxygens (including phenoxy) is 2. The monoisotopic (exact) mass is 370 g/mol. The van der Waals surface area contributed by atoms with Crippen LogP contribution >= 0.6 is 0 Å². The summed E-state index contributed by atoms with van der Waals surface area (Å²) in [7, 11) is 3.12. The van der Waals surface area contributed by atoms with Crippen molar-refractivity contribution in [1.29, 1.82) is 0 Å². The Balaban J connectivity index is 1.77. The highest BCUT2D eigenvalue weighted by Crippen LogP contribution is 2.25. The lowest BCUT2D eigenvalue weighted by Crippen LogP contribution is -2.36. The molecule has 1 aliphatic heterocycles. The van der Waals surface area contributed by atoms with Gasteiger partial charge in [0.2, 0.25) is 5.91 Å². The fraction of sp³-hybridized carbons (Fsp3) is 0.316. The lowest BCUT2D eigenvalue weighted by molar-refractivity contribution is -0.111. The molecule has 0 atom stereocenters. The number of rotatable bonds is 5. The molecule has 1 fully saturated rings. The quantitative estimate of drug-likeness (QED) is 0.637. The van der Waals surface area contributed by atoms with Gasteiger partial charge in [-0.3, -0.25) is 9.48 Å². The van der Waals surface area contributed by atoms with Gasteiger partial charge in [0.25, 0.3) is 0 Å². The average Bonchev–Trinajstić information content (AvgIpc) is 3.12. The molecule has 2 heterocycles. The van der Waals surface area contributed by atoms with Gasteiger partial charge in [-0.1, -0.05) is 0 Å². The topological polar surface area (TPSA) is 85.7 Å². The third kappa shape index (κ3) is 4.73. The van der Waals surface area contributed by atoms with Gasteiger partial charge in [-0.25, -0.2) is 4.79 Å². The molecule has 8 nitrogen and oxygen atoms in total. The van der Waals surface area contributed by atoms with E-state index in [2.05, 4.69) is 15.3 Å². The Labute approximate surface area is 157 Å². The molecule has 0 radical (unpaired) electrons. The minimum absolute atomic E-state index is 0.310. The highest BCUT2D eigenvalue weighted by atomic mass is 16.5. The number of aromatic nitrogens is 2. The predicted octanol–water partition coefficient (Wildman–Crippen LogP) is 1.70. The lowest BCUT2D eigenvalue weighted by Gasteiger charge is -2.29. The molecule has 1 aliphatic rings. The van der Waals surface area contributed by atoms with Crippen LogP contribution in [0.2, 0.25) is 0 Å². The molecule has 142 valence electrons. The number of morpholine rings is 1. The van der Waals surface area contributed by atoms with Gasteiger partial charge in [0.1, 0.15) is 0 Å². The highest BCUT2D eigenvalue weighted by Gasteiger charge is 2.18. The van der Waals surface area contributed by atoms with Crippen LogP contribution in [0.15, 0.2) is 36.7 Å². The van der Waals surface area contributed by atoms with Crippen molar-refractivity contribution in [2.75, 3.05) is 43.6 Å². The maximum absolute atomic E-state index is 12.2. The van der Waals surface area contributed by atoms with E-state index in [0.29, 0.717) is 24.5 Å². The lowest BCUT2D eigenvalue weighted by atomic mass is 10.1. The third-order valence-corrected chi connectivity index (χ3v) is 4.19. The van der Waals surface area contributed by atoms with Gasteiger partial charge in [0.15, 0.2) is 0 Å². The van der Waals surface area contributed by atoms with E-state index < -0.39 is 5.97 Å². The molecule has 2 aromatic rings. The zero-order valence-corrected chi connectivity index (χ0v) is 15.3. The maximum Gasteiger partial charge on any atom is 0.340 e. The average molecular weight is 370 g/mol. The molecule has 0 spiro atoms. The second kappa shape index (κ2) is 8.50. The van der Waals surface area contributed by atoms with Gasteiger partial charge < -0.3 is 19.7 Å². The van der Waals surface area contributed by atoms with E-state index in [-0.39, 0.29) is 5.91 Å². The summed E-state index contributed by atoms with van der Waals surface area (Å²) in [5.74, 6) is -0.847. The molecule has 3 rings (SSSR count). The number of hydrogen-bond donors (Lipinski definition) is 1. The van der Waals surface area contributed by atoms with Crippen molar-refractivity contribution < 1.29 is 19.1 Å². The standard InChI is InChI=1S/C19H22N4O4/c1-22-13-14(12-20-22)3-6-18(24)21-17-5-4-15(11-16(17)19(25)26-2)23-7-9-27-10-8-23/h3-6,11-13H,7-10H2,1-2H3,(H,21,24)/b6-3+.